The molecule has 0 radical (unpaired) electrons. The molecule has 5 rings (SSSR count). The molecule has 2 saturated heterocycles. The van der Waals surface area contributed by atoms with Crippen LogP contribution < -0.4 is 10.5 Å². The van der Waals surface area contributed by atoms with E-state index in [2.05, 4.69) is 15.0 Å². The number of hydrogen-bond donors (Lipinski definition) is 1. The number of alkyl halides is 1. The monoisotopic (exact) mass is 449 g/mol. The quantitative estimate of drug-likeness (QED) is 0.587. The largest absolute Gasteiger partial charge is 0.479 e. The lowest BCUT2D eigenvalue weighted by atomic mass is 9.98. The smallest absolute Gasteiger partial charge is 0.333 e. The number of nitrogens with zero attached hydrogens (tertiary/aromatic N) is 4. The van der Waals surface area contributed by atoms with Crippen LogP contribution in [0.25, 0.3) is 11.2 Å². The van der Waals surface area contributed by atoms with Crippen molar-refractivity contribution >= 4 is 25.7 Å². The van der Waals surface area contributed by atoms with E-state index in [1.165, 1.54) is 24.9 Å². The maximum Gasteiger partial charge on any atom is 0.333 e. The third kappa shape index (κ3) is 3.62. The van der Waals surface area contributed by atoms with Crippen LogP contribution in [0.15, 0.2) is 36.7 Å². The molecule has 2 N–H and O–H groups in total. The van der Waals surface area contributed by atoms with Gasteiger partial charge in [0.15, 0.2) is 23.1 Å². The summed E-state index contributed by atoms with van der Waals surface area (Å²) in [6.07, 6.45) is -1.13. The fourth-order valence-electron chi connectivity index (χ4n) is 3.76. The van der Waals surface area contributed by atoms with Gasteiger partial charge in [-0.05, 0) is 12.5 Å². The second kappa shape index (κ2) is 7.92. The summed E-state index contributed by atoms with van der Waals surface area (Å²) in [5.41, 5.74) is 5.50. The number of fused-ring (bicyclic) bond motifs is 2. The maximum absolute atomic E-state index is 16.0. The molecule has 2 aromatic heterocycles. The summed E-state index contributed by atoms with van der Waals surface area (Å²) in [5.74, 6) is 0.189. The molecule has 2 aliphatic heterocycles. The number of nitrogens with two attached hydrogens (primary N) is 1. The standard InChI is InChI=1S/C19H21FN5O5P/c1-19(20)14-12(9-28-31(30-14)27-8-11-6-4-3-5-7-11)29-17(19)25-10-22-13-15(25)23-18(21)24-16(13)26-2/h3-7,10,12,14,17H,8-9H2,1-2H3,(H2,21,23,24)/t12-,14-,17-,19-,31+/m1/s1. The zero-order valence-corrected chi connectivity index (χ0v) is 17.7. The van der Waals surface area contributed by atoms with Crippen LogP contribution >= 0.6 is 8.60 Å². The number of anilines is 1. The Balaban J connectivity index is 1.37. The number of aromatic nitrogens is 4. The third-order valence-corrected chi connectivity index (χ3v) is 6.36. The van der Waals surface area contributed by atoms with Gasteiger partial charge in [-0.3, -0.25) is 4.57 Å². The van der Waals surface area contributed by atoms with Crippen LogP contribution in [0.3, 0.4) is 0 Å². The van der Waals surface area contributed by atoms with Gasteiger partial charge >= 0.3 is 8.60 Å². The molecule has 0 aliphatic carbocycles. The molecule has 164 valence electrons. The van der Waals surface area contributed by atoms with Crippen molar-refractivity contribution in [2.75, 3.05) is 19.5 Å². The molecule has 0 bridgehead atoms. The highest BCUT2D eigenvalue weighted by molar-refractivity contribution is 7.41. The number of benzene rings is 1. The second-order valence-electron chi connectivity index (χ2n) is 7.40. The molecule has 0 saturated carbocycles. The molecule has 1 aromatic carbocycles. The Kier molecular flexibility index (Phi) is 5.23. The minimum absolute atomic E-state index is 0.0144. The van der Waals surface area contributed by atoms with Crippen molar-refractivity contribution in [2.24, 2.45) is 0 Å². The van der Waals surface area contributed by atoms with E-state index >= 15 is 4.39 Å². The summed E-state index contributed by atoms with van der Waals surface area (Å²) in [4.78, 5) is 12.5. The Bertz CT molecular complexity index is 1080. The van der Waals surface area contributed by atoms with E-state index in [0.29, 0.717) is 17.8 Å². The Hall–Kier alpha value is -2.43. The predicted molar refractivity (Wildman–Crippen MR) is 109 cm³/mol. The molecule has 0 amide bonds. The first-order chi connectivity index (χ1) is 15.0. The average molecular weight is 449 g/mol. The van der Waals surface area contributed by atoms with Crippen molar-refractivity contribution in [3.63, 3.8) is 0 Å². The highest BCUT2D eigenvalue weighted by Crippen LogP contribution is 2.55. The molecular formula is C19H21FN5O5P. The SMILES string of the molecule is COc1nc(N)nc2c1ncn2[C@@H]1O[C@@H]2CO[P@](OCc3ccccc3)O[C@H]2[C@@]1(C)F. The van der Waals surface area contributed by atoms with E-state index in [1.54, 1.807) is 0 Å². The summed E-state index contributed by atoms with van der Waals surface area (Å²) in [7, 11) is -0.273. The second-order valence-corrected chi connectivity index (χ2v) is 8.57. The molecular weight excluding hydrogens is 428 g/mol. The van der Waals surface area contributed by atoms with Gasteiger partial charge in [0.05, 0.1) is 26.7 Å². The Morgan fingerprint density at radius 2 is 2.13 bits per heavy atom. The van der Waals surface area contributed by atoms with Gasteiger partial charge in [0, 0.05) is 0 Å². The van der Waals surface area contributed by atoms with Gasteiger partial charge in [-0.25, -0.2) is 9.37 Å². The first-order valence-corrected chi connectivity index (χ1v) is 10.7. The van der Waals surface area contributed by atoms with Crippen LogP contribution in [0.4, 0.5) is 10.3 Å². The molecule has 10 nitrogen and oxygen atoms in total. The van der Waals surface area contributed by atoms with Crippen molar-refractivity contribution in [3.8, 4) is 5.88 Å². The van der Waals surface area contributed by atoms with Crippen molar-refractivity contribution in [3.05, 3.63) is 42.2 Å². The normalized spacial score (nSPS) is 30.4. The van der Waals surface area contributed by atoms with Gasteiger partial charge in [-0.2, -0.15) is 9.97 Å². The highest BCUT2D eigenvalue weighted by Gasteiger charge is 2.59. The van der Waals surface area contributed by atoms with Gasteiger partial charge in [-0.15, -0.1) is 0 Å². The van der Waals surface area contributed by atoms with Gasteiger partial charge in [0.2, 0.25) is 11.8 Å². The minimum atomic E-state index is -1.91. The van der Waals surface area contributed by atoms with Crippen LogP contribution in [-0.2, 0) is 24.9 Å². The minimum Gasteiger partial charge on any atom is -0.479 e. The molecule has 5 atom stereocenters. The van der Waals surface area contributed by atoms with Crippen LogP contribution in [0, 0.1) is 0 Å². The Morgan fingerprint density at radius 1 is 1.32 bits per heavy atom. The van der Waals surface area contributed by atoms with E-state index in [4.69, 9.17) is 28.8 Å². The molecule has 0 spiro atoms. The summed E-state index contributed by atoms with van der Waals surface area (Å²) >= 11 is 0. The predicted octanol–water partition coefficient (Wildman–Crippen LogP) is 2.90. The number of ether oxygens (including phenoxy) is 2. The number of nitrogen functional groups attached to an aromatic ring is 1. The van der Waals surface area contributed by atoms with Gasteiger partial charge < -0.3 is 28.8 Å². The first-order valence-electron chi connectivity index (χ1n) is 9.62. The molecule has 3 aromatic rings. The number of halogens is 1. The fraction of sp³-hybridized carbons (Fsp3) is 0.421. The topological polar surface area (TPSA) is 116 Å². The van der Waals surface area contributed by atoms with Crippen LogP contribution in [0.2, 0.25) is 0 Å². The zero-order chi connectivity index (χ0) is 21.6. The van der Waals surface area contributed by atoms with Crippen LogP contribution in [-0.4, -0.2) is 51.1 Å². The van der Waals surface area contributed by atoms with Crippen LogP contribution in [0.5, 0.6) is 5.88 Å². The Labute approximate surface area is 178 Å². The average Bonchev–Trinajstić information content (AvgIpc) is 3.30. The van der Waals surface area contributed by atoms with Gasteiger partial charge in [-0.1, -0.05) is 30.3 Å². The van der Waals surface area contributed by atoms with Crippen molar-refractivity contribution < 1.29 is 27.4 Å². The summed E-state index contributed by atoms with van der Waals surface area (Å²) in [6.45, 7) is 1.87. The van der Waals surface area contributed by atoms with Gasteiger partial charge in [0.1, 0.15) is 12.2 Å². The lowest BCUT2D eigenvalue weighted by Gasteiger charge is -2.33. The number of hydrogen-bond acceptors (Lipinski definition) is 9. The number of rotatable bonds is 5. The van der Waals surface area contributed by atoms with Crippen molar-refractivity contribution in [1.29, 1.82) is 0 Å². The van der Waals surface area contributed by atoms with E-state index in [0.717, 1.165) is 5.56 Å². The number of imidazole rings is 1. The molecule has 31 heavy (non-hydrogen) atoms. The molecule has 4 heterocycles. The maximum atomic E-state index is 16.0. The zero-order valence-electron chi connectivity index (χ0n) is 16.8. The molecule has 0 unspecified atom stereocenters. The first kappa shape index (κ1) is 20.5. The Morgan fingerprint density at radius 3 is 2.90 bits per heavy atom. The van der Waals surface area contributed by atoms with Crippen LogP contribution in [0.1, 0.15) is 18.7 Å². The van der Waals surface area contributed by atoms with E-state index in [9.17, 15) is 0 Å². The summed E-state index contributed by atoms with van der Waals surface area (Å²) < 4.78 is 45.9. The lowest BCUT2D eigenvalue weighted by Crippen LogP contribution is -2.44. The van der Waals surface area contributed by atoms with E-state index in [1.807, 2.05) is 30.3 Å². The molecule has 12 heteroatoms. The lowest BCUT2D eigenvalue weighted by molar-refractivity contribution is -0.0625. The third-order valence-electron chi connectivity index (χ3n) is 5.26. The van der Waals surface area contributed by atoms with E-state index < -0.39 is 32.7 Å². The molecule has 2 fully saturated rings. The van der Waals surface area contributed by atoms with Crippen molar-refractivity contribution in [1.82, 2.24) is 19.5 Å². The van der Waals surface area contributed by atoms with Gasteiger partial charge in [0.25, 0.3) is 0 Å². The van der Waals surface area contributed by atoms with Crippen molar-refractivity contribution in [2.45, 2.75) is 37.6 Å². The molecule has 2 aliphatic rings. The summed E-state index contributed by atoms with van der Waals surface area (Å²) in [5, 5.41) is 0. The summed E-state index contributed by atoms with van der Waals surface area (Å²) in [6, 6.07) is 9.62. The number of methoxy groups -OCH3 is 1. The highest BCUT2D eigenvalue weighted by atomic mass is 31.2. The fourth-order valence-corrected chi connectivity index (χ4v) is 5.00. The van der Waals surface area contributed by atoms with E-state index in [-0.39, 0.29) is 18.4 Å².